The molecular formula is C12H14N2O6. The van der Waals surface area contributed by atoms with Crippen LogP contribution in [0.2, 0.25) is 0 Å². The molecule has 0 aliphatic carbocycles. The van der Waals surface area contributed by atoms with Gasteiger partial charge in [0, 0.05) is 6.07 Å². The minimum atomic E-state index is -1.15. The zero-order valence-electron chi connectivity index (χ0n) is 10.7. The molecule has 1 rings (SSSR count). The molecule has 2 N–H and O–H groups in total. The van der Waals surface area contributed by atoms with Gasteiger partial charge >= 0.3 is 11.7 Å². The van der Waals surface area contributed by atoms with Crippen molar-refractivity contribution < 1.29 is 24.4 Å². The number of para-hydroxylation sites is 2. The zero-order chi connectivity index (χ0) is 15.1. The number of carboxylic acids is 1. The summed E-state index contributed by atoms with van der Waals surface area (Å²) in [6.45, 7) is 1.12. The van der Waals surface area contributed by atoms with Crippen LogP contribution in [0.5, 0.6) is 5.75 Å². The van der Waals surface area contributed by atoms with E-state index in [4.69, 9.17) is 9.84 Å². The van der Waals surface area contributed by atoms with E-state index >= 15 is 0 Å². The number of nitrogens with one attached hydrogen (secondary N) is 1. The molecule has 108 valence electrons. The Morgan fingerprint density at radius 2 is 2.10 bits per heavy atom. The average Bonchev–Trinajstić information content (AvgIpc) is 2.42. The molecule has 0 fully saturated rings. The number of benzene rings is 1. The van der Waals surface area contributed by atoms with Gasteiger partial charge in [-0.25, -0.2) is 4.79 Å². The van der Waals surface area contributed by atoms with E-state index in [1.807, 2.05) is 0 Å². The van der Waals surface area contributed by atoms with Gasteiger partial charge in [-0.05, 0) is 12.5 Å². The Balaban J connectivity index is 2.61. The molecule has 8 heteroatoms. The van der Waals surface area contributed by atoms with E-state index in [9.17, 15) is 19.7 Å². The van der Waals surface area contributed by atoms with Gasteiger partial charge in [0.15, 0.2) is 12.4 Å². The number of amides is 1. The van der Waals surface area contributed by atoms with Crippen molar-refractivity contribution in [2.45, 2.75) is 19.4 Å². The Morgan fingerprint density at radius 3 is 2.65 bits per heavy atom. The van der Waals surface area contributed by atoms with Gasteiger partial charge in [0.2, 0.25) is 0 Å². The van der Waals surface area contributed by atoms with Crippen molar-refractivity contribution in [2.75, 3.05) is 6.61 Å². The highest BCUT2D eigenvalue weighted by Gasteiger charge is 2.19. The fourth-order valence-electron chi connectivity index (χ4n) is 1.45. The van der Waals surface area contributed by atoms with Crippen molar-refractivity contribution >= 4 is 17.6 Å². The van der Waals surface area contributed by atoms with E-state index in [0.717, 1.165) is 0 Å². The van der Waals surface area contributed by atoms with Crippen LogP contribution >= 0.6 is 0 Å². The van der Waals surface area contributed by atoms with Gasteiger partial charge in [-0.2, -0.15) is 0 Å². The molecule has 0 aromatic heterocycles. The number of aliphatic carboxylic acids is 1. The third-order valence-corrected chi connectivity index (χ3v) is 2.46. The van der Waals surface area contributed by atoms with Gasteiger partial charge in [-0.1, -0.05) is 19.1 Å². The highest BCUT2D eigenvalue weighted by molar-refractivity contribution is 5.84. The first-order chi connectivity index (χ1) is 9.45. The van der Waals surface area contributed by atoms with Crippen LogP contribution in [0.15, 0.2) is 24.3 Å². The Hall–Kier alpha value is -2.64. The lowest BCUT2D eigenvalue weighted by Gasteiger charge is -2.12. The van der Waals surface area contributed by atoms with Crippen molar-refractivity contribution in [1.82, 2.24) is 5.32 Å². The number of hydrogen-bond donors (Lipinski definition) is 2. The number of rotatable bonds is 7. The molecule has 1 amide bonds. The predicted molar refractivity (Wildman–Crippen MR) is 68.4 cm³/mol. The Labute approximate surface area is 114 Å². The zero-order valence-corrected chi connectivity index (χ0v) is 10.7. The van der Waals surface area contributed by atoms with Crippen molar-refractivity contribution in [3.63, 3.8) is 0 Å². The third kappa shape index (κ3) is 4.23. The summed E-state index contributed by atoms with van der Waals surface area (Å²) < 4.78 is 5.04. The van der Waals surface area contributed by atoms with Crippen LogP contribution in [-0.4, -0.2) is 34.6 Å². The van der Waals surface area contributed by atoms with E-state index in [-0.39, 0.29) is 17.9 Å². The van der Waals surface area contributed by atoms with Gasteiger partial charge in [-0.3, -0.25) is 14.9 Å². The number of nitro benzene ring substituents is 1. The van der Waals surface area contributed by atoms with E-state index in [2.05, 4.69) is 5.32 Å². The molecule has 1 atom stereocenters. The standard InChI is InChI=1S/C12H14N2O6/c1-2-8(12(16)17)13-11(15)7-20-10-6-4-3-5-9(10)14(18)19/h3-6,8H,2,7H2,1H3,(H,13,15)(H,16,17)/t8-/m1/s1. The molecule has 0 radical (unpaired) electrons. The fourth-order valence-corrected chi connectivity index (χ4v) is 1.45. The first kappa shape index (κ1) is 15.4. The van der Waals surface area contributed by atoms with Crippen LogP contribution in [0, 0.1) is 10.1 Å². The summed E-state index contributed by atoms with van der Waals surface area (Å²) in [7, 11) is 0. The number of carboxylic acid groups (broad SMARTS) is 1. The van der Waals surface area contributed by atoms with Gasteiger partial charge in [0.25, 0.3) is 5.91 Å². The number of hydrogen-bond acceptors (Lipinski definition) is 5. The minimum absolute atomic E-state index is 0.0453. The average molecular weight is 282 g/mol. The summed E-state index contributed by atoms with van der Waals surface area (Å²) in [5, 5.41) is 21.8. The summed E-state index contributed by atoms with van der Waals surface area (Å²) in [5.41, 5.74) is -0.259. The van der Waals surface area contributed by atoms with Crippen LogP contribution in [0.3, 0.4) is 0 Å². The summed E-state index contributed by atoms with van der Waals surface area (Å²) >= 11 is 0. The summed E-state index contributed by atoms with van der Waals surface area (Å²) in [6.07, 6.45) is 0.229. The van der Waals surface area contributed by atoms with Gasteiger partial charge < -0.3 is 15.2 Å². The van der Waals surface area contributed by atoms with Gasteiger partial charge in [-0.15, -0.1) is 0 Å². The number of nitrogens with zero attached hydrogens (tertiary/aromatic N) is 1. The number of nitro groups is 1. The van der Waals surface area contributed by atoms with Crippen LogP contribution in [0.4, 0.5) is 5.69 Å². The molecule has 0 saturated carbocycles. The third-order valence-electron chi connectivity index (χ3n) is 2.46. The van der Waals surface area contributed by atoms with Gasteiger partial charge in [0.05, 0.1) is 4.92 Å². The maximum absolute atomic E-state index is 11.5. The Kier molecular flexibility index (Phi) is 5.45. The van der Waals surface area contributed by atoms with Crippen molar-refractivity contribution in [2.24, 2.45) is 0 Å². The van der Waals surface area contributed by atoms with Crippen LogP contribution in [-0.2, 0) is 9.59 Å². The topological polar surface area (TPSA) is 119 Å². The maximum atomic E-state index is 11.5. The van der Waals surface area contributed by atoms with Crippen LogP contribution in [0.25, 0.3) is 0 Å². The van der Waals surface area contributed by atoms with Crippen LogP contribution < -0.4 is 10.1 Å². The first-order valence-corrected chi connectivity index (χ1v) is 5.84. The van der Waals surface area contributed by atoms with Crippen molar-refractivity contribution in [3.05, 3.63) is 34.4 Å². The van der Waals surface area contributed by atoms with Crippen molar-refractivity contribution in [1.29, 1.82) is 0 Å². The molecule has 0 unspecified atom stereocenters. The molecule has 0 spiro atoms. The minimum Gasteiger partial charge on any atom is -0.480 e. The molecular weight excluding hydrogens is 268 g/mol. The molecule has 0 aliphatic rings. The highest BCUT2D eigenvalue weighted by atomic mass is 16.6. The molecule has 8 nitrogen and oxygen atoms in total. The van der Waals surface area contributed by atoms with Gasteiger partial charge in [0.1, 0.15) is 6.04 Å². The molecule has 20 heavy (non-hydrogen) atoms. The second kappa shape index (κ2) is 7.07. The fraction of sp³-hybridized carbons (Fsp3) is 0.333. The number of carbonyl (C=O) groups excluding carboxylic acids is 1. The lowest BCUT2D eigenvalue weighted by atomic mass is 10.2. The normalized spacial score (nSPS) is 11.4. The lowest BCUT2D eigenvalue weighted by Crippen LogP contribution is -2.42. The molecule has 0 aliphatic heterocycles. The monoisotopic (exact) mass is 282 g/mol. The summed E-state index contributed by atoms with van der Waals surface area (Å²) in [4.78, 5) is 32.3. The Morgan fingerprint density at radius 1 is 1.45 bits per heavy atom. The van der Waals surface area contributed by atoms with E-state index in [1.54, 1.807) is 6.92 Å². The SMILES string of the molecule is CC[C@@H](NC(=O)COc1ccccc1[N+](=O)[O-])C(=O)O. The van der Waals surface area contributed by atoms with E-state index < -0.39 is 29.4 Å². The molecule has 0 saturated heterocycles. The smallest absolute Gasteiger partial charge is 0.326 e. The number of ether oxygens (including phenoxy) is 1. The first-order valence-electron chi connectivity index (χ1n) is 5.84. The van der Waals surface area contributed by atoms with E-state index in [0.29, 0.717) is 0 Å². The second-order valence-corrected chi connectivity index (χ2v) is 3.88. The summed E-state index contributed by atoms with van der Waals surface area (Å²) in [5.74, 6) is -1.85. The lowest BCUT2D eigenvalue weighted by molar-refractivity contribution is -0.385. The maximum Gasteiger partial charge on any atom is 0.326 e. The molecule has 1 aromatic rings. The van der Waals surface area contributed by atoms with Crippen LogP contribution in [0.1, 0.15) is 13.3 Å². The largest absolute Gasteiger partial charge is 0.480 e. The second-order valence-electron chi connectivity index (χ2n) is 3.88. The molecule has 0 bridgehead atoms. The molecule has 0 heterocycles. The Bertz CT molecular complexity index is 516. The highest BCUT2D eigenvalue weighted by Crippen LogP contribution is 2.25. The van der Waals surface area contributed by atoms with Crippen molar-refractivity contribution in [3.8, 4) is 5.75 Å². The summed E-state index contributed by atoms with van der Waals surface area (Å²) in [6, 6.07) is 4.62. The predicted octanol–water partition coefficient (Wildman–Crippen LogP) is 0.953. The van der Waals surface area contributed by atoms with E-state index in [1.165, 1.54) is 24.3 Å². The quantitative estimate of drug-likeness (QED) is 0.567. The number of carbonyl (C=O) groups is 2. The molecule has 1 aromatic carbocycles.